The van der Waals surface area contributed by atoms with E-state index in [1.165, 1.54) is 35.4 Å². The fourth-order valence-corrected chi connectivity index (χ4v) is 3.71. The van der Waals surface area contributed by atoms with E-state index in [2.05, 4.69) is 16.3 Å². The van der Waals surface area contributed by atoms with E-state index in [9.17, 15) is 0 Å². The van der Waals surface area contributed by atoms with Crippen molar-refractivity contribution in [3.05, 3.63) is 28.4 Å². The summed E-state index contributed by atoms with van der Waals surface area (Å²) in [5, 5.41) is 8.89. The molecule has 2 heterocycles. The minimum absolute atomic E-state index is 0.529. The highest BCUT2D eigenvalue weighted by molar-refractivity contribution is 8.01. The molecule has 0 atom stereocenters. The van der Waals surface area contributed by atoms with Gasteiger partial charge in [-0.15, -0.1) is 10.2 Å². The summed E-state index contributed by atoms with van der Waals surface area (Å²) in [5.74, 6) is 0. The van der Waals surface area contributed by atoms with Crippen LogP contribution in [0.3, 0.4) is 0 Å². The van der Waals surface area contributed by atoms with Crippen molar-refractivity contribution < 1.29 is 0 Å². The standard InChI is InChI=1S/C12H14N4S2/c13-6-9-5-8-3-1-2-4-10(8)15-11(9)18-12-16-14-7-17-12/h5,7H,1-4,6,13H2. The van der Waals surface area contributed by atoms with E-state index < -0.39 is 0 Å². The molecule has 0 spiro atoms. The van der Waals surface area contributed by atoms with E-state index in [1.807, 2.05) is 0 Å². The lowest BCUT2D eigenvalue weighted by molar-refractivity contribution is 0.656. The second-order valence-electron chi connectivity index (χ2n) is 4.28. The van der Waals surface area contributed by atoms with Gasteiger partial charge in [0.2, 0.25) is 0 Å². The van der Waals surface area contributed by atoms with Crippen LogP contribution in [0.25, 0.3) is 0 Å². The zero-order valence-corrected chi connectivity index (χ0v) is 11.6. The number of aryl methyl sites for hydroxylation is 2. The van der Waals surface area contributed by atoms with Crippen LogP contribution < -0.4 is 5.73 Å². The first-order chi connectivity index (χ1) is 8.86. The third-order valence-corrected chi connectivity index (χ3v) is 4.91. The number of pyridine rings is 1. The third-order valence-electron chi connectivity index (χ3n) is 3.08. The van der Waals surface area contributed by atoms with E-state index in [0.717, 1.165) is 27.8 Å². The molecule has 2 N–H and O–H groups in total. The van der Waals surface area contributed by atoms with Crippen LogP contribution in [0.2, 0.25) is 0 Å². The lowest BCUT2D eigenvalue weighted by Crippen LogP contribution is -2.10. The Balaban J connectivity index is 1.96. The summed E-state index contributed by atoms with van der Waals surface area (Å²) in [6.07, 6.45) is 4.73. The van der Waals surface area contributed by atoms with Crippen molar-refractivity contribution in [2.75, 3.05) is 0 Å². The van der Waals surface area contributed by atoms with Gasteiger partial charge in [0.05, 0.1) is 0 Å². The van der Waals surface area contributed by atoms with Gasteiger partial charge in [-0.1, -0.05) is 17.4 Å². The molecule has 1 aliphatic carbocycles. The maximum atomic E-state index is 5.83. The van der Waals surface area contributed by atoms with E-state index in [4.69, 9.17) is 10.7 Å². The summed E-state index contributed by atoms with van der Waals surface area (Å²) >= 11 is 3.11. The number of aromatic nitrogens is 3. The van der Waals surface area contributed by atoms with Crippen LogP contribution in [0, 0.1) is 0 Å². The van der Waals surface area contributed by atoms with Crippen molar-refractivity contribution in [2.24, 2.45) is 5.73 Å². The maximum absolute atomic E-state index is 5.83. The molecule has 0 aliphatic heterocycles. The molecule has 2 aromatic rings. The molecule has 18 heavy (non-hydrogen) atoms. The van der Waals surface area contributed by atoms with Crippen LogP contribution >= 0.6 is 23.1 Å². The Labute approximate surface area is 114 Å². The number of fused-ring (bicyclic) bond motifs is 1. The van der Waals surface area contributed by atoms with Gasteiger partial charge in [-0.3, -0.25) is 0 Å². The quantitative estimate of drug-likeness (QED) is 0.934. The average Bonchev–Trinajstić information content (AvgIpc) is 2.91. The van der Waals surface area contributed by atoms with Gasteiger partial charge in [0.1, 0.15) is 10.5 Å². The topological polar surface area (TPSA) is 64.7 Å². The van der Waals surface area contributed by atoms with Gasteiger partial charge in [-0.05, 0) is 48.6 Å². The van der Waals surface area contributed by atoms with Gasteiger partial charge in [-0.2, -0.15) is 0 Å². The fourth-order valence-electron chi connectivity index (χ4n) is 2.19. The van der Waals surface area contributed by atoms with Crippen molar-refractivity contribution >= 4 is 23.1 Å². The smallest absolute Gasteiger partial charge is 0.180 e. The number of nitrogens with two attached hydrogens (primary N) is 1. The first-order valence-corrected chi connectivity index (χ1v) is 7.72. The van der Waals surface area contributed by atoms with Crippen LogP contribution in [0.5, 0.6) is 0 Å². The van der Waals surface area contributed by atoms with Gasteiger partial charge in [0.15, 0.2) is 4.34 Å². The largest absolute Gasteiger partial charge is 0.326 e. The second-order valence-corrected chi connectivity index (χ2v) is 6.35. The van der Waals surface area contributed by atoms with E-state index in [1.54, 1.807) is 17.3 Å². The number of rotatable bonds is 3. The molecule has 0 radical (unpaired) electrons. The molecule has 6 heteroatoms. The summed E-state index contributed by atoms with van der Waals surface area (Å²) in [7, 11) is 0. The summed E-state index contributed by atoms with van der Waals surface area (Å²) in [4.78, 5) is 4.78. The van der Waals surface area contributed by atoms with Crippen LogP contribution in [-0.4, -0.2) is 15.2 Å². The normalized spacial score (nSPS) is 14.5. The Bertz CT molecular complexity index is 539. The Hall–Kier alpha value is -0.980. The Morgan fingerprint density at radius 1 is 1.33 bits per heavy atom. The van der Waals surface area contributed by atoms with Crippen molar-refractivity contribution in [1.82, 2.24) is 15.2 Å². The average molecular weight is 278 g/mol. The van der Waals surface area contributed by atoms with Gasteiger partial charge in [0.25, 0.3) is 0 Å². The highest BCUT2D eigenvalue weighted by Crippen LogP contribution is 2.32. The zero-order valence-electron chi connectivity index (χ0n) is 9.93. The Morgan fingerprint density at radius 3 is 3.00 bits per heavy atom. The van der Waals surface area contributed by atoms with E-state index >= 15 is 0 Å². The van der Waals surface area contributed by atoms with Crippen LogP contribution in [0.15, 0.2) is 20.9 Å². The number of nitrogens with zero attached hydrogens (tertiary/aromatic N) is 3. The molecule has 94 valence electrons. The van der Waals surface area contributed by atoms with Gasteiger partial charge < -0.3 is 5.73 Å². The lowest BCUT2D eigenvalue weighted by atomic mass is 9.95. The van der Waals surface area contributed by atoms with Gasteiger partial charge >= 0.3 is 0 Å². The molecule has 0 saturated heterocycles. The van der Waals surface area contributed by atoms with Crippen molar-refractivity contribution in [3.8, 4) is 0 Å². The molecule has 0 fully saturated rings. The van der Waals surface area contributed by atoms with Crippen molar-refractivity contribution in [3.63, 3.8) is 0 Å². The van der Waals surface area contributed by atoms with Crippen molar-refractivity contribution in [1.29, 1.82) is 0 Å². The summed E-state index contributed by atoms with van der Waals surface area (Å²) < 4.78 is 0.924. The summed E-state index contributed by atoms with van der Waals surface area (Å²) in [6, 6.07) is 2.23. The molecule has 3 rings (SSSR count). The molecule has 0 aromatic carbocycles. The highest BCUT2D eigenvalue weighted by Gasteiger charge is 2.16. The molecular formula is C12H14N4S2. The first kappa shape index (κ1) is 12.1. The summed E-state index contributed by atoms with van der Waals surface area (Å²) in [5.41, 5.74) is 11.3. The van der Waals surface area contributed by atoms with Crippen molar-refractivity contribution in [2.45, 2.75) is 41.6 Å². The van der Waals surface area contributed by atoms with E-state index in [0.29, 0.717) is 6.54 Å². The van der Waals surface area contributed by atoms with Crippen LogP contribution in [0.1, 0.15) is 29.7 Å². The number of hydrogen-bond acceptors (Lipinski definition) is 6. The minimum atomic E-state index is 0.529. The van der Waals surface area contributed by atoms with E-state index in [-0.39, 0.29) is 0 Å². The van der Waals surface area contributed by atoms with Crippen LogP contribution in [0.4, 0.5) is 0 Å². The lowest BCUT2D eigenvalue weighted by Gasteiger charge is -2.17. The highest BCUT2D eigenvalue weighted by atomic mass is 32.2. The second kappa shape index (κ2) is 5.34. The zero-order chi connectivity index (χ0) is 12.4. The minimum Gasteiger partial charge on any atom is -0.326 e. The maximum Gasteiger partial charge on any atom is 0.180 e. The Kier molecular flexibility index (Phi) is 3.58. The molecule has 0 bridgehead atoms. The van der Waals surface area contributed by atoms with Gasteiger partial charge in [0, 0.05) is 12.2 Å². The molecular weight excluding hydrogens is 264 g/mol. The molecule has 4 nitrogen and oxygen atoms in total. The summed E-state index contributed by atoms with van der Waals surface area (Å²) in [6.45, 7) is 0.529. The Morgan fingerprint density at radius 2 is 2.22 bits per heavy atom. The molecule has 1 aliphatic rings. The predicted molar refractivity (Wildman–Crippen MR) is 72.8 cm³/mol. The SMILES string of the molecule is NCc1cc2c(nc1Sc1nncs1)CCCC2. The molecule has 0 unspecified atom stereocenters. The van der Waals surface area contributed by atoms with Gasteiger partial charge in [-0.25, -0.2) is 4.98 Å². The number of hydrogen-bond donors (Lipinski definition) is 1. The first-order valence-electron chi connectivity index (χ1n) is 6.02. The van der Waals surface area contributed by atoms with Crippen LogP contribution in [-0.2, 0) is 19.4 Å². The molecule has 0 saturated carbocycles. The predicted octanol–water partition coefficient (Wildman–Crippen LogP) is 2.42. The monoisotopic (exact) mass is 278 g/mol. The molecule has 2 aromatic heterocycles. The molecule has 0 amide bonds. The fraction of sp³-hybridized carbons (Fsp3) is 0.417. The third kappa shape index (κ3) is 2.41.